The lowest BCUT2D eigenvalue weighted by Crippen LogP contribution is -2.56. The molecule has 1 aliphatic rings. The van der Waals surface area contributed by atoms with Gasteiger partial charge in [0.05, 0.1) is 13.2 Å². The van der Waals surface area contributed by atoms with Crippen molar-refractivity contribution in [3.05, 3.63) is 35.4 Å². The van der Waals surface area contributed by atoms with E-state index in [9.17, 15) is 8.78 Å². The lowest BCUT2D eigenvalue weighted by atomic mass is 9.64. The Balaban J connectivity index is 2.46. The monoisotopic (exact) mass is 255 g/mol. The summed E-state index contributed by atoms with van der Waals surface area (Å²) in [4.78, 5) is 0. The summed E-state index contributed by atoms with van der Waals surface area (Å²) in [6.45, 7) is 5.36. The molecule has 0 amide bonds. The van der Waals surface area contributed by atoms with Gasteiger partial charge in [0, 0.05) is 11.0 Å². The minimum Gasteiger partial charge on any atom is -0.379 e. The molecule has 0 aliphatic carbocycles. The number of rotatable bonds is 4. The number of benzene rings is 1. The zero-order valence-electron chi connectivity index (χ0n) is 10.7. The van der Waals surface area contributed by atoms with Crippen LogP contribution in [0.25, 0.3) is 0 Å². The molecule has 1 heterocycles. The Hall–Kier alpha value is -1.00. The summed E-state index contributed by atoms with van der Waals surface area (Å²) in [5, 5.41) is 0. The number of ether oxygens (including phenoxy) is 1. The average molecular weight is 255 g/mol. The molecule has 0 saturated carbocycles. The van der Waals surface area contributed by atoms with E-state index in [4.69, 9.17) is 10.5 Å². The van der Waals surface area contributed by atoms with Gasteiger partial charge in [-0.2, -0.15) is 0 Å². The third-order valence-corrected chi connectivity index (χ3v) is 3.95. The van der Waals surface area contributed by atoms with Crippen LogP contribution in [-0.4, -0.2) is 19.8 Å². The molecule has 0 spiro atoms. The Kier molecular flexibility index (Phi) is 3.69. The molecule has 100 valence electrons. The van der Waals surface area contributed by atoms with E-state index in [1.807, 2.05) is 0 Å². The molecule has 2 N–H and O–H groups in total. The second-order valence-corrected chi connectivity index (χ2v) is 5.36. The highest BCUT2D eigenvalue weighted by Gasteiger charge is 2.49. The van der Waals surface area contributed by atoms with Gasteiger partial charge in [0.25, 0.3) is 0 Å². The van der Waals surface area contributed by atoms with Gasteiger partial charge in [-0.15, -0.1) is 0 Å². The SMILES string of the molecule is CC(C)C(CN)C1(c2cc(F)ccc2F)COC1. The maximum absolute atomic E-state index is 14.0. The molecule has 2 nitrogen and oxygen atoms in total. The minimum atomic E-state index is -0.477. The van der Waals surface area contributed by atoms with Gasteiger partial charge in [-0.3, -0.25) is 0 Å². The zero-order valence-corrected chi connectivity index (χ0v) is 10.7. The van der Waals surface area contributed by atoms with Gasteiger partial charge >= 0.3 is 0 Å². The molecule has 1 aliphatic heterocycles. The molecule has 1 fully saturated rings. The van der Waals surface area contributed by atoms with E-state index < -0.39 is 11.2 Å². The third-order valence-electron chi connectivity index (χ3n) is 3.95. The summed E-state index contributed by atoms with van der Waals surface area (Å²) in [6.07, 6.45) is 0. The molecular formula is C14H19F2NO. The topological polar surface area (TPSA) is 35.2 Å². The van der Waals surface area contributed by atoms with Gasteiger partial charge in [0.15, 0.2) is 0 Å². The molecule has 18 heavy (non-hydrogen) atoms. The molecular weight excluding hydrogens is 236 g/mol. The van der Waals surface area contributed by atoms with Gasteiger partial charge in [0.2, 0.25) is 0 Å². The van der Waals surface area contributed by atoms with Crippen LogP contribution in [0.4, 0.5) is 8.78 Å². The maximum atomic E-state index is 14.0. The summed E-state index contributed by atoms with van der Waals surface area (Å²) in [5.74, 6) is -0.417. The predicted octanol–water partition coefficient (Wildman–Crippen LogP) is 2.46. The highest BCUT2D eigenvalue weighted by Crippen LogP contribution is 2.43. The smallest absolute Gasteiger partial charge is 0.127 e. The Morgan fingerprint density at radius 3 is 2.44 bits per heavy atom. The van der Waals surface area contributed by atoms with Crippen LogP contribution in [0.2, 0.25) is 0 Å². The van der Waals surface area contributed by atoms with Crippen LogP contribution < -0.4 is 5.73 Å². The van der Waals surface area contributed by atoms with Crippen molar-refractivity contribution in [2.45, 2.75) is 19.3 Å². The van der Waals surface area contributed by atoms with Crippen LogP contribution in [0.1, 0.15) is 19.4 Å². The van der Waals surface area contributed by atoms with Crippen LogP contribution in [0.5, 0.6) is 0 Å². The average Bonchev–Trinajstić information content (AvgIpc) is 2.26. The molecule has 2 rings (SSSR count). The summed E-state index contributed by atoms with van der Waals surface area (Å²) < 4.78 is 32.6. The van der Waals surface area contributed by atoms with E-state index in [0.717, 1.165) is 6.07 Å². The van der Waals surface area contributed by atoms with Crippen molar-refractivity contribution >= 4 is 0 Å². The second-order valence-electron chi connectivity index (χ2n) is 5.36. The molecule has 1 aromatic rings. The quantitative estimate of drug-likeness (QED) is 0.897. The molecule has 0 bridgehead atoms. The molecule has 1 aromatic carbocycles. The third kappa shape index (κ3) is 2.04. The minimum absolute atomic E-state index is 0.0857. The van der Waals surface area contributed by atoms with Crippen molar-refractivity contribution in [1.29, 1.82) is 0 Å². The van der Waals surface area contributed by atoms with Crippen molar-refractivity contribution in [3.8, 4) is 0 Å². The van der Waals surface area contributed by atoms with E-state index in [2.05, 4.69) is 13.8 Å². The van der Waals surface area contributed by atoms with Crippen LogP contribution in [0, 0.1) is 23.5 Å². The summed E-state index contributed by atoms with van der Waals surface area (Å²) in [5.41, 5.74) is 5.75. The lowest BCUT2D eigenvalue weighted by Gasteiger charge is -2.49. The van der Waals surface area contributed by atoms with Crippen molar-refractivity contribution in [2.24, 2.45) is 17.6 Å². The molecule has 1 unspecified atom stereocenters. The number of nitrogens with two attached hydrogens (primary N) is 1. The molecule has 1 saturated heterocycles. The first kappa shape index (κ1) is 13.4. The molecule has 1 atom stereocenters. The van der Waals surface area contributed by atoms with Crippen molar-refractivity contribution < 1.29 is 13.5 Å². The van der Waals surface area contributed by atoms with Crippen molar-refractivity contribution in [1.82, 2.24) is 0 Å². The van der Waals surface area contributed by atoms with Gasteiger partial charge in [-0.25, -0.2) is 8.78 Å². The second kappa shape index (κ2) is 4.94. The van der Waals surface area contributed by atoms with Gasteiger partial charge in [-0.1, -0.05) is 13.8 Å². The van der Waals surface area contributed by atoms with E-state index in [-0.39, 0.29) is 11.7 Å². The number of hydrogen-bond acceptors (Lipinski definition) is 2. The molecule has 4 heteroatoms. The Bertz CT molecular complexity index is 430. The summed E-state index contributed by atoms with van der Waals surface area (Å²) >= 11 is 0. The normalized spacial score (nSPS) is 19.7. The zero-order chi connectivity index (χ0) is 13.3. The van der Waals surface area contributed by atoms with Crippen molar-refractivity contribution in [3.63, 3.8) is 0 Å². The van der Waals surface area contributed by atoms with E-state index >= 15 is 0 Å². The molecule has 0 aromatic heterocycles. The number of hydrogen-bond donors (Lipinski definition) is 1. The first-order valence-corrected chi connectivity index (χ1v) is 6.24. The Labute approximate surface area is 106 Å². The largest absolute Gasteiger partial charge is 0.379 e. The first-order chi connectivity index (χ1) is 8.51. The van der Waals surface area contributed by atoms with E-state index in [1.165, 1.54) is 12.1 Å². The lowest BCUT2D eigenvalue weighted by molar-refractivity contribution is -0.0998. The standard InChI is InChI=1S/C14H19F2NO/c1-9(2)12(6-17)14(7-18-8-14)11-5-10(15)3-4-13(11)16/h3-5,9,12H,6-8,17H2,1-2H3. The number of halogens is 2. The predicted molar refractivity (Wildman–Crippen MR) is 66.2 cm³/mol. The summed E-state index contributed by atoms with van der Waals surface area (Å²) in [7, 11) is 0. The highest BCUT2D eigenvalue weighted by molar-refractivity contribution is 5.32. The first-order valence-electron chi connectivity index (χ1n) is 6.24. The van der Waals surface area contributed by atoms with Crippen LogP contribution in [-0.2, 0) is 10.2 Å². The van der Waals surface area contributed by atoms with Gasteiger partial charge in [-0.05, 0) is 36.6 Å². The Morgan fingerprint density at radius 2 is 2.00 bits per heavy atom. The fourth-order valence-electron chi connectivity index (χ4n) is 2.91. The molecule has 0 radical (unpaired) electrons. The van der Waals surface area contributed by atoms with Crippen LogP contribution >= 0.6 is 0 Å². The maximum Gasteiger partial charge on any atom is 0.127 e. The van der Waals surface area contributed by atoms with Gasteiger partial charge < -0.3 is 10.5 Å². The fourth-order valence-corrected chi connectivity index (χ4v) is 2.91. The van der Waals surface area contributed by atoms with Crippen LogP contribution in [0.15, 0.2) is 18.2 Å². The highest BCUT2D eigenvalue weighted by atomic mass is 19.1. The van der Waals surface area contributed by atoms with E-state index in [1.54, 1.807) is 0 Å². The summed E-state index contributed by atoms with van der Waals surface area (Å²) in [6, 6.07) is 3.60. The van der Waals surface area contributed by atoms with Crippen molar-refractivity contribution in [2.75, 3.05) is 19.8 Å². The Morgan fingerprint density at radius 1 is 1.33 bits per heavy atom. The van der Waals surface area contributed by atoms with Crippen LogP contribution in [0.3, 0.4) is 0 Å². The van der Waals surface area contributed by atoms with Gasteiger partial charge in [0.1, 0.15) is 11.6 Å². The fraction of sp³-hybridized carbons (Fsp3) is 0.571. The van der Waals surface area contributed by atoms with E-state index in [0.29, 0.717) is 31.2 Å².